The second-order valence-electron chi connectivity index (χ2n) is 2.55. The zero-order valence-electron chi connectivity index (χ0n) is 7.46. The van der Waals surface area contributed by atoms with Crippen LogP contribution in [0.3, 0.4) is 0 Å². The van der Waals surface area contributed by atoms with Gasteiger partial charge in [-0.05, 0) is 16.1 Å². The second-order valence-corrected chi connectivity index (χ2v) is 3.09. The van der Waals surface area contributed by atoms with Gasteiger partial charge in [0, 0.05) is 53.4 Å². The molecule has 1 aromatic rings. The summed E-state index contributed by atoms with van der Waals surface area (Å²) in [6.45, 7) is 0.571. The van der Waals surface area contributed by atoms with Crippen molar-refractivity contribution in [2.45, 2.75) is 6.42 Å². The SMILES string of the molecule is O=C(C#CI)NCCc1ccccn1. The third-order valence-corrected chi connectivity index (χ3v) is 1.82. The van der Waals surface area contributed by atoms with E-state index in [4.69, 9.17) is 0 Å². The number of rotatable bonds is 3. The van der Waals surface area contributed by atoms with Crippen molar-refractivity contribution in [1.82, 2.24) is 10.3 Å². The molecule has 1 rings (SSSR count). The largest absolute Gasteiger partial charge is 0.345 e. The highest BCUT2D eigenvalue weighted by Gasteiger charge is 1.95. The Labute approximate surface area is 96.4 Å². The van der Waals surface area contributed by atoms with Crippen molar-refractivity contribution in [3.8, 4) is 9.85 Å². The Balaban J connectivity index is 2.28. The molecule has 14 heavy (non-hydrogen) atoms. The summed E-state index contributed by atoms with van der Waals surface area (Å²) in [4.78, 5) is 15.1. The number of carbonyl (C=O) groups is 1. The van der Waals surface area contributed by atoms with Crippen LogP contribution < -0.4 is 5.32 Å². The summed E-state index contributed by atoms with van der Waals surface area (Å²) in [6.07, 6.45) is 2.47. The van der Waals surface area contributed by atoms with Crippen molar-refractivity contribution in [3.63, 3.8) is 0 Å². The Morgan fingerprint density at radius 1 is 1.57 bits per heavy atom. The zero-order valence-corrected chi connectivity index (χ0v) is 9.61. The van der Waals surface area contributed by atoms with Gasteiger partial charge >= 0.3 is 0 Å². The molecule has 0 saturated carbocycles. The summed E-state index contributed by atoms with van der Waals surface area (Å²) in [5.41, 5.74) is 0.968. The normalized spacial score (nSPS) is 8.64. The molecule has 0 atom stereocenters. The van der Waals surface area contributed by atoms with E-state index >= 15 is 0 Å². The number of carbonyl (C=O) groups excluding carboxylic acids is 1. The first-order chi connectivity index (χ1) is 6.83. The molecule has 0 aliphatic carbocycles. The average molecular weight is 300 g/mol. The van der Waals surface area contributed by atoms with Crippen molar-refractivity contribution in [2.24, 2.45) is 0 Å². The molecule has 0 aliphatic rings. The summed E-state index contributed by atoms with van der Waals surface area (Å²) in [6, 6.07) is 5.72. The van der Waals surface area contributed by atoms with E-state index in [1.807, 2.05) is 40.8 Å². The average Bonchev–Trinajstić information content (AvgIpc) is 2.20. The predicted molar refractivity (Wildman–Crippen MR) is 62.7 cm³/mol. The molecule has 0 aliphatic heterocycles. The first-order valence-corrected chi connectivity index (χ1v) is 5.20. The molecular formula is C10H9IN2O. The number of hydrogen-bond donors (Lipinski definition) is 1. The maximum atomic E-state index is 10.9. The van der Waals surface area contributed by atoms with Crippen molar-refractivity contribution in [2.75, 3.05) is 6.54 Å². The molecule has 0 saturated heterocycles. The van der Waals surface area contributed by atoms with Gasteiger partial charge < -0.3 is 5.32 Å². The number of hydrogen-bond acceptors (Lipinski definition) is 2. The standard InChI is InChI=1S/C10H9IN2O/c11-6-4-10(14)13-8-5-9-3-1-2-7-12-9/h1-3,7H,5,8H2,(H,13,14). The van der Waals surface area contributed by atoms with Gasteiger partial charge in [0.2, 0.25) is 0 Å². The third-order valence-electron chi connectivity index (χ3n) is 1.55. The fourth-order valence-electron chi connectivity index (χ4n) is 0.937. The lowest BCUT2D eigenvalue weighted by Crippen LogP contribution is -2.24. The van der Waals surface area contributed by atoms with E-state index in [1.54, 1.807) is 6.20 Å². The van der Waals surface area contributed by atoms with Gasteiger partial charge in [-0.3, -0.25) is 9.78 Å². The summed E-state index contributed by atoms with van der Waals surface area (Å²) < 4.78 is 2.51. The third kappa shape index (κ3) is 4.23. The summed E-state index contributed by atoms with van der Waals surface area (Å²) >= 11 is 1.83. The van der Waals surface area contributed by atoms with Crippen LogP contribution in [0.25, 0.3) is 0 Å². The van der Waals surface area contributed by atoms with Crippen molar-refractivity contribution in [1.29, 1.82) is 0 Å². The fraction of sp³-hybridized carbons (Fsp3) is 0.200. The lowest BCUT2D eigenvalue weighted by Gasteiger charge is -1.99. The quantitative estimate of drug-likeness (QED) is 0.672. The minimum absolute atomic E-state index is 0.240. The first kappa shape index (κ1) is 11.0. The summed E-state index contributed by atoms with van der Waals surface area (Å²) in [7, 11) is 0. The monoisotopic (exact) mass is 300 g/mol. The van der Waals surface area contributed by atoms with Gasteiger partial charge in [-0.1, -0.05) is 6.07 Å². The van der Waals surface area contributed by atoms with Crippen LogP contribution in [-0.4, -0.2) is 17.4 Å². The molecule has 0 aromatic carbocycles. The van der Waals surface area contributed by atoms with Crippen LogP contribution in [-0.2, 0) is 11.2 Å². The molecular weight excluding hydrogens is 291 g/mol. The van der Waals surface area contributed by atoms with E-state index in [0.717, 1.165) is 12.1 Å². The summed E-state index contributed by atoms with van der Waals surface area (Å²) in [5.74, 6) is 2.16. The fourth-order valence-corrected chi connectivity index (χ4v) is 1.18. The lowest BCUT2D eigenvalue weighted by atomic mass is 10.3. The Morgan fingerprint density at radius 2 is 2.43 bits per heavy atom. The molecule has 0 radical (unpaired) electrons. The molecule has 1 amide bonds. The highest BCUT2D eigenvalue weighted by atomic mass is 127. The Kier molecular flexibility index (Phi) is 5.00. The topological polar surface area (TPSA) is 42.0 Å². The van der Waals surface area contributed by atoms with Gasteiger partial charge in [0.1, 0.15) is 0 Å². The number of pyridine rings is 1. The van der Waals surface area contributed by atoms with E-state index in [1.165, 1.54) is 0 Å². The first-order valence-electron chi connectivity index (χ1n) is 4.12. The smallest absolute Gasteiger partial charge is 0.296 e. The predicted octanol–water partition coefficient (Wildman–Crippen LogP) is 1.14. The zero-order chi connectivity index (χ0) is 10.2. The Morgan fingerprint density at radius 3 is 3.07 bits per heavy atom. The van der Waals surface area contributed by atoms with E-state index in [0.29, 0.717) is 6.54 Å². The highest BCUT2D eigenvalue weighted by Crippen LogP contribution is 1.92. The van der Waals surface area contributed by atoms with Gasteiger partial charge in [0.05, 0.1) is 0 Å². The maximum Gasteiger partial charge on any atom is 0.296 e. The molecule has 1 aromatic heterocycles. The van der Waals surface area contributed by atoms with E-state index in [9.17, 15) is 4.79 Å². The van der Waals surface area contributed by atoms with Crippen molar-refractivity contribution in [3.05, 3.63) is 30.1 Å². The second kappa shape index (κ2) is 6.38. The van der Waals surface area contributed by atoms with E-state index in [2.05, 4.69) is 20.1 Å². The molecule has 4 heteroatoms. The molecule has 3 nitrogen and oxygen atoms in total. The number of nitrogens with one attached hydrogen (secondary N) is 1. The molecule has 72 valence electrons. The van der Waals surface area contributed by atoms with Crippen LogP contribution in [0.1, 0.15) is 5.69 Å². The molecule has 0 bridgehead atoms. The molecule has 1 N–H and O–H groups in total. The minimum Gasteiger partial charge on any atom is -0.345 e. The molecule has 0 fully saturated rings. The number of aromatic nitrogens is 1. The maximum absolute atomic E-state index is 10.9. The van der Waals surface area contributed by atoms with Crippen molar-refractivity contribution < 1.29 is 4.79 Å². The number of nitrogens with zero attached hydrogens (tertiary/aromatic N) is 1. The Hall–Kier alpha value is -1.09. The molecule has 0 unspecified atom stereocenters. The van der Waals surface area contributed by atoms with Crippen LogP contribution in [0.15, 0.2) is 24.4 Å². The molecule has 0 spiro atoms. The van der Waals surface area contributed by atoms with Crippen LogP contribution >= 0.6 is 22.6 Å². The van der Waals surface area contributed by atoms with Gasteiger partial charge in [0.15, 0.2) is 0 Å². The van der Waals surface area contributed by atoms with Crippen molar-refractivity contribution >= 4 is 28.5 Å². The van der Waals surface area contributed by atoms with Crippen LogP contribution in [0.4, 0.5) is 0 Å². The van der Waals surface area contributed by atoms with Gasteiger partial charge in [0.25, 0.3) is 5.91 Å². The van der Waals surface area contributed by atoms with Crippen LogP contribution in [0, 0.1) is 9.85 Å². The van der Waals surface area contributed by atoms with Crippen LogP contribution in [0.2, 0.25) is 0 Å². The molecule has 1 heterocycles. The minimum atomic E-state index is -0.240. The van der Waals surface area contributed by atoms with Gasteiger partial charge in [-0.25, -0.2) is 0 Å². The van der Waals surface area contributed by atoms with E-state index in [-0.39, 0.29) is 5.91 Å². The van der Waals surface area contributed by atoms with E-state index < -0.39 is 0 Å². The lowest BCUT2D eigenvalue weighted by molar-refractivity contribution is -0.115. The van der Waals surface area contributed by atoms with Crippen LogP contribution in [0.5, 0.6) is 0 Å². The highest BCUT2D eigenvalue weighted by molar-refractivity contribution is 14.1. The number of amides is 1. The van der Waals surface area contributed by atoms with Gasteiger partial charge in [-0.2, -0.15) is 0 Å². The Bertz CT molecular complexity index is 353. The number of halogens is 1. The summed E-state index contributed by atoms with van der Waals surface area (Å²) in [5, 5.41) is 2.67. The van der Waals surface area contributed by atoms with Gasteiger partial charge in [-0.15, -0.1) is 0 Å².